The van der Waals surface area contributed by atoms with Gasteiger partial charge in [-0.3, -0.25) is 4.79 Å². The van der Waals surface area contributed by atoms with Crippen molar-refractivity contribution in [3.05, 3.63) is 83.2 Å². The highest BCUT2D eigenvalue weighted by molar-refractivity contribution is 7.90. The van der Waals surface area contributed by atoms with E-state index in [9.17, 15) is 17.6 Å². The summed E-state index contributed by atoms with van der Waals surface area (Å²) in [7, 11) is 12.5. The maximum atomic E-state index is 14.1. The van der Waals surface area contributed by atoms with Crippen molar-refractivity contribution >= 4 is 39.4 Å². The van der Waals surface area contributed by atoms with E-state index in [0.717, 1.165) is 6.07 Å². The van der Waals surface area contributed by atoms with Crippen LogP contribution in [0, 0.1) is 5.82 Å². The lowest BCUT2D eigenvalue weighted by molar-refractivity contribution is -0.126. The van der Waals surface area contributed by atoms with E-state index in [1.807, 2.05) is 0 Å². The van der Waals surface area contributed by atoms with Crippen LogP contribution in [0.15, 0.2) is 66.2 Å². The van der Waals surface area contributed by atoms with Crippen LogP contribution in [-0.4, -0.2) is 37.7 Å². The molecule has 3 rings (SSSR count). The highest BCUT2D eigenvalue weighted by atomic mass is 32.2. The summed E-state index contributed by atoms with van der Waals surface area (Å²) in [5, 5.41) is 0. The van der Waals surface area contributed by atoms with Crippen LogP contribution >= 0.6 is 0 Å². The van der Waals surface area contributed by atoms with Crippen LogP contribution in [0.25, 0.3) is 0 Å². The number of hydrogen-bond donors (Lipinski definition) is 1. The van der Waals surface area contributed by atoms with Crippen molar-refractivity contribution in [1.82, 2.24) is 0 Å². The summed E-state index contributed by atoms with van der Waals surface area (Å²) in [6, 6.07) is 12.4. The molecule has 2 N–H and O–H groups in total. The van der Waals surface area contributed by atoms with Crippen molar-refractivity contribution in [2.75, 3.05) is 0 Å². The SMILES string of the molecule is [B]C([B])(c1ccccc1)S(=O)(=O)OC1=C(N)O[C@]([B])(c2ccccc2F)C1=O. The summed E-state index contributed by atoms with van der Waals surface area (Å²) < 4.78 is 46.7. The zero-order valence-corrected chi connectivity index (χ0v) is 15.1. The molecule has 2 aromatic carbocycles. The van der Waals surface area contributed by atoms with Gasteiger partial charge in [0.2, 0.25) is 17.4 Å². The number of carbonyl (C=O) groups is 1. The molecule has 0 saturated carbocycles. The first-order valence-corrected chi connectivity index (χ1v) is 9.26. The van der Waals surface area contributed by atoms with Gasteiger partial charge in [-0.05, 0) is 11.6 Å². The zero-order chi connectivity index (χ0) is 20.7. The minimum atomic E-state index is -4.84. The summed E-state index contributed by atoms with van der Waals surface area (Å²) >= 11 is 0. The second-order valence-corrected chi connectivity index (χ2v) is 7.79. The third-order valence-electron chi connectivity index (χ3n) is 4.14. The first kappa shape index (κ1) is 20.1. The monoisotopic (exact) mass is 393 g/mol. The predicted molar refractivity (Wildman–Crippen MR) is 101 cm³/mol. The Morgan fingerprint density at radius 1 is 1.07 bits per heavy atom. The third-order valence-corrected chi connectivity index (χ3v) is 5.59. The van der Waals surface area contributed by atoms with E-state index in [1.165, 1.54) is 42.5 Å². The Kier molecular flexibility index (Phi) is 4.83. The summed E-state index contributed by atoms with van der Waals surface area (Å²) in [4.78, 5) is 12.7. The van der Waals surface area contributed by atoms with Crippen LogP contribution in [0.3, 0.4) is 0 Å². The fourth-order valence-electron chi connectivity index (χ4n) is 2.59. The number of carbonyl (C=O) groups excluding carboxylic acids is 1. The molecule has 0 aromatic heterocycles. The molecule has 2 aromatic rings. The minimum Gasteiger partial charge on any atom is -0.467 e. The fourth-order valence-corrected chi connectivity index (χ4v) is 3.53. The van der Waals surface area contributed by atoms with Gasteiger partial charge in [-0.15, -0.1) is 0 Å². The number of nitrogens with two attached hydrogens (primary N) is 1. The number of rotatable bonds is 5. The van der Waals surface area contributed by atoms with Gasteiger partial charge in [0.1, 0.15) is 5.82 Å². The highest BCUT2D eigenvalue weighted by Crippen LogP contribution is 2.38. The van der Waals surface area contributed by atoms with Gasteiger partial charge in [0, 0.05) is 5.56 Å². The second kappa shape index (κ2) is 6.74. The van der Waals surface area contributed by atoms with E-state index in [0.29, 0.717) is 0 Å². The molecule has 11 heteroatoms. The van der Waals surface area contributed by atoms with Crippen molar-refractivity contribution in [2.45, 2.75) is 10.0 Å². The molecule has 1 heterocycles. The van der Waals surface area contributed by atoms with Crippen LogP contribution in [-0.2, 0) is 33.9 Å². The van der Waals surface area contributed by atoms with Crippen LogP contribution < -0.4 is 5.73 Å². The van der Waals surface area contributed by atoms with E-state index >= 15 is 0 Å². The molecule has 0 aliphatic carbocycles. The Bertz CT molecular complexity index is 1080. The number of ketones is 1. The lowest BCUT2D eigenvalue weighted by Crippen LogP contribution is -2.40. The molecule has 0 fully saturated rings. The molecular weight excluding hydrogens is 382 g/mol. The average Bonchev–Trinajstić information content (AvgIpc) is 2.86. The lowest BCUT2D eigenvalue weighted by atomic mass is 9.65. The maximum Gasteiger partial charge on any atom is 0.302 e. The van der Waals surface area contributed by atoms with Gasteiger partial charge in [0.25, 0.3) is 0 Å². The van der Waals surface area contributed by atoms with Crippen molar-refractivity contribution in [3.63, 3.8) is 0 Å². The Morgan fingerprint density at radius 3 is 2.25 bits per heavy atom. The van der Waals surface area contributed by atoms with Gasteiger partial charge in [-0.25, -0.2) is 4.39 Å². The molecule has 0 amide bonds. The van der Waals surface area contributed by atoms with Crippen molar-refractivity contribution in [1.29, 1.82) is 0 Å². The molecule has 136 valence electrons. The van der Waals surface area contributed by atoms with Gasteiger partial charge in [0.15, 0.2) is 13.3 Å². The van der Waals surface area contributed by atoms with Gasteiger partial charge in [-0.2, -0.15) is 8.42 Å². The second-order valence-electron chi connectivity index (χ2n) is 6.04. The molecule has 1 aliphatic rings. The van der Waals surface area contributed by atoms with Gasteiger partial charge in [-0.1, -0.05) is 48.5 Å². The normalized spacial score (nSPS) is 20.1. The smallest absolute Gasteiger partial charge is 0.302 e. The van der Waals surface area contributed by atoms with E-state index in [1.54, 1.807) is 6.07 Å². The Balaban J connectivity index is 1.96. The van der Waals surface area contributed by atoms with Gasteiger partial charge < -0.3 is 14.7 Å². The zero-order valence-electron chi connectivity index (χ0n) is 14.3. The number of halogens is 1. The van der Waals surface area contributed by atoms with Crippen LogP contribution in [0.1, 0.15) is 11.1 Å². The standard InChI is InChI=1S/C17H11B3FNO5S/c18-16(11-8-4-5-9-12(11)21)14(23)13(15(22)26-16)27-28(24,25)17(19,20)10-6-2-1-3-7-10/h1-9H,22H2/t16-/m1/s1. The van der Waals surface area contributed by atoms with Gasteiger partial charge >= 0.3 is 10.1 Å². The first-order valence-electron chi connectivity index (χ1n) is 7.85. The third kappa shape index (κ3) is 3.09. The molecule has 1 atom stereocenters. The van der Waals surface area contributed by atoms with E-state index in [-0.39, 0.29) is 11.1 Å². The molecular formula is C17H11B3FNO5S. The maximum absolute atomic E-state index is 14.1. The molecule has 6 radical (unpaired) electrons. The van der Waals surface area contributed by atoms with Crippen LogP contribution in [0.2, 0.25) is 0 Å². The molecule has 0 bridgehead atoms. The van der Waals surface area contributed by atoms with Crippen molar-refractivity contribution in [2.24, 2.45) is 5.73 Å². The quantitative estimate of drug-likeness (QED) is 0.583. The molecule has 0 unspecified atom stereocenters. The van der Waals surface area contributed by atoms with Crippen molar-refractivity contribution in [3.8, 4) is 0 Å². The first-order chi connectivity index (χ1) is 13.0. The molecule has 28 heavy (non-hydrogen) atoms. The summed E-state index contributed by atoms with van der Waals surface area (Å²) in [6.07, 6.45) is 0. The number of hydrogen-bond acceptors (Lipinski definition) is 6. The number of Topliss-reactive ketones (excluding diaryl/α,β-unsaturated/α-hetero) is 1. The van der Waals surface area contributed by atoms with Crippen LogP contribution in [0.4, 0.5) is 4.39 Å². The highest BCUT2D eigenvalue weighted by Gasteiger charge is 2.51. The van der Waals surface area contributed by atoms with E-state index < -0.39 is 43.4 Å². The Hall–Kier alpha value is -2.68. The average molecular weight is 393 g/mol. The largest absolute Gasteiger partial charge is 0.467 e. The topological polar surface area (TPSA) is 95.7 Å². The van der Waals surface area contributed by atoms with Gasteiger partial charge in [0.05, 0.1) is 20.2 Å². The Morgan fingerprint density at radius 2 is 1.64 bits per heavy atom. The molecule has 0 spiro atoms. The van der Waals surface area contributed by atoms with Crippen LogP contribution in [0.5, 0.6) is 0 Å². The van der Waals surface area contributed by atoms with E-state index in [4.69, 9.17) is 38.2 Å². The summed E-state index contributed by atoms with van der Waals surface area (Å²) in [6.45, 7) is 0. The minimum absolute atomic E-state index is 0.00588. The Labute approximate surface area is 165 Å². The molecule has 6 nitrogen and oxygen atoms in total. The van der Waals surface area contributed by atoms with Crippen molar-refractivity contribution < 1.29 is 26.5 Å². The molecule has 0 saturated heterocycles. The molecule has 1 aliphatic heterocycles. The number of ether oxygens (including phenoxy) is 1. The predicted octanol–water partition coefficient (Wildman–Crippen LogP) is 0.368. The lowest BCUT2D eigenvalue weighted by Gasteiger charge is -2.26. The number of benzene rings is 2. The fraction of sp³-hybridized carbons (Fsp3) is 0.118. The van der Waals surface area contributed by atoms with E-state index in [2.05, 4.69) is 0 Å². The summed E-state index contributed by atoms with van der Waals surface area (Å²) in [5.41, 5.74) is 2.82. The summed E-state index contributed by atoms with van der Waals surface area (Å²) in [5.74, 6) is -3.75.